The van der Waals surface area contributed by atoms with Gasteiger partial charge in [-0.1, -0.05) is 64.1 Å². The Morgan fingerprint density at radius 1 is 0.541 bits per heavy atom. The smallest absolute Gasteiger partial charge is 0.744 e. The third-order valence-corrected chi connectivity index (χ3v) is 7.93. The SMILES string of the molecule is CCc1ccc2c(CC)cc(S(=O)(=O)[O-])cc2c1.CCc1ccc2c(CC)cc(S(=O)(=O)[O-])cc2c1.[Ca+2]. The van der Waals surface area contributed by atoms with Crippen LogP contribution in [0.15, 0.2) is 70.5 Å². The molecule has 0 bridgehead atoms. The van der Waals surface area contributed by atoms with Crippen molar-refractivity contribution in [1.29, 1.82) is 0 Å². The van der Waals surface area contributed by atoms with Crippen LogP contribution in [-0.4, -0.2) is 63.7 Å². The van der Waals surface area contributed by atoms with E-state index in [-0.39, 0.29) is 47.5 Å². The van der Waals surface area contributed by atoms with E-state index in [1.165, 1.54) is 24.3 Å². The normalized spacial score (nSPS) is 11.6. The van der Waals surface area contributed by atoms with Crippen LogP contribution in [0, 0.1) is 0 Å². The molecule has 4 rings (SSSR count). The minimum atomic E-state index is -4.40. The molecule has 0 aliphatic carbocycles. The van der Waals surface area contributed by atoms with Gasteiger partial charge in [0.2, 0.25) is 0 Å². The van der Waals surface area contributed by atoms with Crippen molar-refractivity contribution in [3.8, 4) is 0 Å². The van der Waals surface area contributed by atoms with Crippen LogP contribution in [0.1, 0.15) is 49.9 Å². The quantitative estimate of drug-likeness (QED) is 0.229. The van der Waals surface area contributed by atoms with E-state index in [1.807, 2.05) is 64.1 Å². The fraction of sp³-hybridized carbons (Fsp3) is 0.286. The van der Waals surface area contributed by atoms with E-state index >= 15 is 0 Å². The number of fused-ring (bicyclic) bond motifs is 2. The van der Waals surface area contributed by atoms with Gasteiger partial charge in [-0.05, 0) is 93.7 Å². The van der Waals surface area contributed by atoms with Crippen molar-refractivity contribution < 1.29 is 25.9 Å². The van der Waals surface area contributed by atoms with E-state index in [0.717, 1.165) is 56.6 Å². The van der Waals surface area contributed by atoms with Crippen molar-refractivity contribution >= 4 is 79.5 Å². The number of hydrogen-bond donors (Lipinski definition) is 0. The van der Waals surface area contributed by atoms with E-state index in [4.69, 9.17) is 0 Å². The zero-order valence-electron chi connectivity index (χ0n) is 21.6. The number of rotatable bonds is 6. The van der Waals surface area contributed by atoms with Crippen molar-refractivity contribution in [2.75, 3.05) is 0 Å². The third kappa shape index (κ3) is 7.76. The van der Waals surface area contributed by atoms with E-state index in [9.17, 15) is 25.9 Å². The fourth-order valence-electron chi connectivity index (χ4n) is 4.25. The van der Waals surface area contributed by atoms with Gasteiger partial charge in [0.15, 0.2) is 0 Å². The minimum absolute atomic E-state index is 0. The molecule has 0 saturated carbocycles. The third-order valence-electron chi connectivity index (χ3n) is 6.31. The summed E-state index contributed by atoms with van der Waals surface area (Å²) in [5.41, 5.74) is 4.05. The molecular formula is C28H30CaO6S2. The van der Waals surface area contributed by atoms with Crippen molar-refractivity contribution in [3.05, 3.63) is 82.9 Å². The topological polar surface area (TPSA) is 114 Å². The molecule has 0 unspecified atom stereocenters. The number of benzene rings is 4. The van der Waals surface area contributed by atoms with E-state index in [2.05, 4.69) is 0 Å². The van der Waals surface area contributed by atoms with Crippen molar-refractivity contribution in [1.82, 2.24) is 0 Å². The van der Waals surface area contributed by atoms with Crippen LogP contribution in [-0.2, 0) is 45.9 Å². The molecule has 37 heavy (non-hydrogen) atoms. The summed E-state index contributed by atoms with van der Waals surface area (Å²) < 4.78 is 66.9. The van der Waals surface area contributed by atoms with Gasteiger partial charge >= 0.3 is 37.7 Å². The van der Waals surface area contributed by atoms with Crippen LogP contribution in [0.3, 0.4) is 0 Å². The Kier molecular flexibility index (Phi) is 11.2. The van der Waals surface area contributed by atoms with Gasteiger partial charge < -0.3 is 9.11 Å². The summed E-state index contributed by atoms with van der Waals surface area (Å²) in [5.74, 6) is 0. The summed E-state index contributed by atoms with van der Waals surface area (Å²) in [5, 5.41) is 3.68. The molecule has 0 fully saturated rings. The van der Waals surface area contributed by atoms with Gasteiger partial charge in [0, 0.05) is 0 Å². The molecule has 0 aliphatic heterocycles. The Morgan fingerprint density at radius 2 is 0.892 bits per heavy atom. The molecule has 0 radical (unpaired) electrons. The Balaban J connectivity index is 0.000000253. The Morgan fingerprint density at radius 3 is 1.16 bits per heavy atom. The van der Waals surface area contributed by atoms with Gasteiger partial charge in [0.1, 0.15) is 20.2 Å². The second kappa shape index (κ2) is 13.0. The Bertz CT molecular complexity index is 1500. The van der Waals surface area contributed by atoms with Gasteiger partial charge in [-0.2, -0.15) is 0 Å². The molecule has 0 aliphatic rings. The molecule has 0 atom stereocenters. The second-order valence-corrected chi connectivity index (χ2v) is 11.4. The first kappa shape index (κ1) is 31.7. The average molecular weight is 567 g/mol. The first-order valence-corrected chi connectivity index (χ1v) is 14.8. The van der Waals surface area contributed by atoms with Gasteiger partial charge in [0.25, 0.3) is 0 Å². The van der Waals surface area contributed by atoms with Crippen molar-refractivity contribution in [2.45, 2.75) is 63.2 Å². The maximum Gasteiger partial charge on any atom is 2.00 e. The predicted octanol–water partition coefficient (Wildman–Crippen LogP) is 5.36. The number of aryl methyl sites for hydroxylation is 4. The molecule has 0 spiro atoms. The molecule has 4 aromatic carbocycles. The molecule has 0 N–H and O–H groups in total. The summed E-state index contributed by atoms with van der Waals surface area (Å²) in [4.78, 5) is -0.278. The maximum atomic E-state index is 11.1. The van der Waals surface area contributed by atoms with Crippen molar-refractivity contribution in [2.24, 2.45) is 0 Å². The largest absolute Gasteiger partial charge is 2.00 e. The average Bonchev–Trinajstić information content (AvgIpc) is 2.85. The van der Waals surface area contributed by atoms with Crippen LogP contribution in [0.5, 0.6) is 0 Å². The molecule has 192 valence electrons. The molecule has 6 nitrogen and oxygen atoms in total. The molecule has 0 amide bonds. The summed E-state index contributed by atoms with van der Waals surface area (Å²) in [7, 11) is -8.79. The summed E-state index contributed by atoms with van der Waals surface area (Å²) in [6.07, 6.45) is 3.16. The Labute approximate surface area is 249 Å². The van der Waals surface area contributed by atoms with Crippen LogP contribution in [0.25, 0.3) is 21.5 Å². The van der Waals surface area contributed by atoms with E-state index in [0.29, 0.717) is 12.8 Å². The first-order chi connectivity index (χ1) is 16.9. The Hall–Kier alpha value is -1.52. The summed E-state index contributed by atoms with van der Waals surface area (Å²) in [6, 6.07) is 17.9. The second-order valence-electron chi connectivity index (χ2n) is 8.60. The molecular weight excluding hydrogens is 537 g/mol. The number of hydrogen-bond acceptors (Lipinski definition) is 6. The maximum absolute atomic E-state index is 11.1. The fourth-order valence-corrected chi connectivity index (χ4v) is 5.37. The van der Waals surface area contributed by atoms with Gasteiger partial charge in [0.05, 0.1) is 9.79 Å². The standard InChI is InChI=1S/2C14H16O3S.Ca/c2*1-3-10-5-6-14-11(4-2)8-13(18(15,16)17)9-12(14)7-10;/h2*5-9H,3-4H2,1-2H3,(H,15,16,17);/q;;+2/p-2. The molecule has 4 aromatic rings. The van der Waals surface area contributed by atoms with Gasteiger partial charge in [-0.15, -0.1) is 0 Å². The van der Waals surface area contributed by atoms with Crippen LogP contribution in [0.4, 0.5) is 0 Å². The van der Waals surface area contributed by atoms with Gasteiger partial charge in [-0.25, -0.2) is 16.8 Å². The monoisotopic (exact) mass is 566 g/mol. The van der Waals surface area contributed by atoms with Crippen LogP contribution < -0.4 is 0 Å². The van der Waals surface area contributed by atoms with Crippen LogP contribution >= 0.6 is 0 Å². The summed E-state index contributed by atoms with van der Waals surface area (Å²) in [6.45, 7) is 7.97. The molecule has 0 heterocycles. The predicted molar refractivity (Wildman–Crippen MR) is 147 cm³/mol. The first-order valence-electron chi connectivity index (χ1n) is 11.9. The molecule has 9 heteroatoms. The van der Waals surface area contributed by atoms with Crippen LogP contribution in [0.2, 0.25) is 0 Å². The van der Waals surface area contributed by atoms with E-state index < -0.39 is 20.2 Å². The zero-order valence-corrected chi connectivity index (χ0v) is 25.4. The van der Waals surface area contributed by atoms with E-state index in [1.54, 1.807) is 0 Å². The molecule has 0 aromatic heterocycles. The summed E-state index contributed by atoms with van der Waals surface area (Å²) >= 11 is 0. The minimum Gasteiger partial charge on any atom is -0.744 e. The molecule has 0 saturated heterocycles. The van der Waals surface area contributed by atoms with Gasteiger partial charge in [-0.3, -0.25) is 0 Å². The van der Waals surface area contributed by atoms with Crippen molar-refractivity contribution in [3.63, 3.8) is 0 Å². The zero-order chi connectivity index (χ0) is 26.7.